The van der Waals surface area contributed by atoms with Gasteiger partial charge >= 0.3 is 0 Å². The molecule has 0 bridgehead atoms. The Morgan fingerprint density at radius 3 is 2.89 bits per heavy atom. The second kappa shape index (κ2) is 6.92. The van der Waals surface area contributed by atoms with Gasteiger partial charge in [-0.1, -0.05) is 19.1 Å². The first-order chi connectivity index (χ1) is 9.30. The molecule has 0 saturated carbocycles. The summed E-state index contributed by atoms with van der Waals surface area (Å²) in [5.41, 5.74) is 2.68. The van der Waals surface area contributed by atoms with Crippen molar-refractivity contribution >= 4 is 0 Å². The summed E-state index contributed by atoms with van der Waals surface area (Å²) < 4.78 is 5.56. The van der Waals surface area contributed by atoms with Crippen LogP contribution in [0.15, 0.2) is 18.2 Å². The van der Waals surface area contributed by atoms with E-state index >= 15 is 0 Å². The average Bonchev–Trinajstić information content (AvgIpc) is 2.49. The van der Waals surface area contributed by atoms with Crippen LogP contribution in [-0.4, -0.2) is 27.2 Å². The summed E-state index contributed by atoms with van der Waals surface area (Å²) in [7, 11) is 3.81. The maximum Gasteiger partial charge on any atom is 0.123 e. The number of methoxy groups -OCH3 is 1. The van der Waals surface area contributed by atoms with Gasteiger partial charge in [-0.3, -0.25) is 0 Å². The number of hydrogen-bond acceptors (Lipinski definition) is 3. The number of ether oxygens (including phenoxy) is 1. The lowest BCUT2D eigenvalue weighted by atomic mass is 9.86. The van der Waals surface area contributed by atoms with Crippen molar-refractivity contribution in [1.29, 1.82) is 0 Å². The summed E-state index contributed by atoms with van der Waals surface area (Å²) in [6.07, 6.45) is 3.60. The summed E-state index contributed by atoms with van der Waals surface area (Å²) in [6, 6.07) is 6.94. The molecule has 2 unspecified atom stereocenters. The molecule has 1 aromatic rings. The Kier molecular flexibility index (Phi) is 5.23. The third kappa shape index (κ3) is 3.28. The minimum atomic E-state index is 0.370. The van der Waals surface area contributed by atoms with Gasteiger partial charge in [0.05, 0.1) is 7.11 Å². The van der Waals surface area contributed by atoms with Crippen LogP contribution in [0.1, 0.15) is 36.9 Å². The molecule has 0 aliphatic carbocycles. The zero-order valence-corrected chi connectivity index (χ0v) is 12.3. The van der Waals surface area contributed by atoms with E-state index in [1.165, 1.54) is 24.0 Å². The Balaban J connectivity index is 2.29. The highest BCUT2D eigenvalue weighted by Gasteiger charge is 2.26. The molecule has 1 aromatic carbocycles. The Morgan fingerprint density at radius 1 is 1.47 bits per heavy atom. The topological polar surface area (TPSA) is 33.3 Å². The number of nitrogens with one attached hydrogen (secondary N) is 2. The molecule has 0 aromatic heterocycles. The Bertz CT molecular complexity index is 400. The number of aryl methyl sites for hydroxylation is 1. The Hall–Kier alpha value is -1.06. The quantitative estimate of drug-likeness (QED) is 0.855. The minimum absolute atomic E-state index is 0.370. The van der Waals surface area contributed by atoms with Crippen LogP contribution in [0.3, 0.4) is 0 Å². The molecule has 2 rings (SSSR count). The van der Waals surface area contributed by atoms with Crippen LogP contribution >= 0.6 is 0 Å². The maximum absolute atomic E-state index is 5.56. The second-order valence-corrected chi connectivity index (χ2v) is 5.30. The molecule has 1 aliphatic heterocycles. The molecule has 2 N–H and O–H groups in total. The van der Waals surface area contributed by atoms with Crippen LogP contribution in [0.25, 0.3) is 0 Å². The van der Waals surface area contributed by atoms with E-state index in [4.69, 9.17) is 4.74 Å². The van der Waals surface area contributed by atoms with E-state index in [0.717, 1.165) is 25.3 Å². The van der Waals surface area contributed by atoms with Crippen molar-refractivity contribution in [1.82, 2.24) is 10.6 Å². The molecule has 3 heteroatoms. The van der Waals surface area contributed by atoms with E-state index in [9.17, 15) is 0 Å². The minimum Gasteiger partial charge on any atom is -0.496 e. The van der Waals surface area contributed by atoms with Crippen LogP contribution in [0.2, 0.25) is 0 Å². The molecular formula is C16H26N2O. The van der Waals surface area contributed by atoms with Crippen LogP contribution in [0.4, 0.5) is 0 Å². The van der Waals surface area contributed by atoms with Crippen molar-refractivity contribution in [3.63, 3.8) is 0 Å². The molecule has 1 heterocycles. The molecule has 0 radical (unpaired) electrons. The lowest BCUT2D eigenvalue weighted by Gasteiger charge is -2.32. The third-order valence-corrected chi connectivity index (χ3v) is 4.15. The number of benzene rings is 1. The van der Waals surface area contributed by atoms with Crippen molar-refractivity contribution in [2.24, 2.45) is 5.92 Å². The molecule has 0 amide bonds. The largest absolute Gasteiger partial charge is 0.496 e. The first-order valence-electron chi connectivity index (χ1n) is 7.35. The summed E-state index contributed by atoms with van der Waals surface area (Å²) >= 11 is 0. The number of piperidine rings is 1. The van der Waals surface area contributed by atoms with Crippen molar-refractivity contribution in [3.8, 4) is 5.75 Å². The van der Waals surface area contributed by atoms with Crippen LogP contribution in [0, 0.1) is 5.92 Å². The van der Waals surface area contributed by atoms with Crippen LogP contribution < -0.4 is 15.4 Å². The highest BCUT2D eigenvalue weighted by molar-refractivity contribution is 5.40. The summed E-state index contributed by atoms with van der Waals surface area (Å²) in [6.45, 7) is 4.44. The van der Waals surface area contributed by atoms with Gasteiger partial charge in [0.1, 0.15) is 5.75 Å². The van der Waals surface area contributed by atoms with E-state index in [-0.39, 0.29) is 0 Å². The fraction of sp³-hybridized carbons (Fsp3) is 0.625. The number of rotatable bonds is 5. The molecule has 1 aliphatic rings. The summed E-state index contributed by atoms with van der Waals surface area (Å²) in [4.78, 5) is 0. The first kappa shape index (κ1) is 14.4. The smallest absolute Gasteiger partial charge is 0.123 e. The number of hydrogen-bond donors (Lipinski definition) is 2. The van der Waals surface area contributed by atoms with Crippen molar-refractivity contribution in [3.05, 3.63) is 29.3 Å². The molecular weight excluding hydrogens is 236 g/mol. The normalized spacial score (nSPS) is 21.1. The van der Waals surface area contributed by atoms with Gasteiger partial charge in [-0.25, -0.2) is 0 Å². The Labute approximate surface area is 116 Å². The first-order valence-corrected chi connectivity index (χ1v) is 7.35. The van der Waals surface area contributed by atoms with Crippen molar-refractivity contribution < 1.29 is 4.74 Å². The molecule has 3 nitrogen and oxygen atoms in total. The third-order valence-electron chi connectivity index (χ3n) is 4.15. The zero-order valence-electron chi connectivity index (χ0n) is 12.3. The van der Waals surface area contributed by atoms with E-state index in [0.29, 0.717) is 12.0 Å². The Morgan fingerprint density at radius 2 is 2.32 bits per heavy atom. The SMILES string of the molecule is CCc1ccc(OC)c(C(NC)C2CCCNC2)c1. The van der Waals surface area contributed by atoms with Gasteiger partial charge < -0.3 is 15.4 Å². The fourth-order valence-corrected chi connectivity index (χ4v) is 3.06. The second-order valence-electron chi connectivity index (χ2n) is 5.30. The molecule has 1 saturated heterocycles. The maximum atomic E-state index is 5.56. The van der Waals surface area contributed by atoms with E-state index < -0.39 is 0 Å². The van der Waals surface area contributed by atoms with E-state index in [1.807, 2.05) is 0 Å². The van der Waals surface area contributed by atoms with Gasteiger partial charge in [0.2, 0.25) is 0 Å². The molecule has 1 fully saturated rings. The van der Waals surface area contributed by atoms with Gasteiger partial charge in [0.25, 0.3) is 0 Å². The summed E-state index contributed by atoms with van der Waals surface area (Å²) in [5, 5.41) is 7.00. The molecule has 0 spiro atoms. The lowest BCUT2D eigenvalue weighted by molar-refractivity contribution is 0.290. The van der Waals surface area contributed by atoms with E-state index in [2.05, 4.69) is 42.8 Å². The molecule has 2 atom stereocenters. The van der Waals surface area contributed by atoms with Crippen LogP contribution in [0.5, 0.6) is 5.75 Å². The van der Waals surface area contributed by atoms with Gasteiger partial charge in [-0.2, -0.15) is 0 Å². The average molecular weight is 262 g/mol. The lowest BCUT2D eigenvalue weighted by Crippen LogP contribution is -2.37. The molecule has 106 valence electrons. The van der Waals surface area contributed by atoms with Crippen LogP contribution in [-0.2, 0) is 6.42 Å². The zero-order chi connectivity index (χ0) is 13.7. The van der Waals surface area contributed by atoms with Crippen molar-refractivity contribution in [2.75, 3.05) is 27.2 Å². The van der Waals surface area contributed by atoms with Gasteiger partial charge in [-0.15, -0.1) is 0 Å². The highest BCUT2D eigenvalue weighted by atomic mass is 16.5. The van der Waals surface area contributed by atoms with E-state index in [1.54, 1.807) is 7.11 Å². The predicted molar refractivity (Wildman–Crippen MR) is 79.8 cm³/mol. The predicted octanol–water partition coefficient (Wildman–Crippen LogP) is 2.52. The van der Waals surface area contributed by atoms with Gasteiger partial charge in [0.15, 0.2) is 0 Å². The molecule has 19 heavy (non-hydrogen) atoms. The van der Waals surface area contributed by atoms with Gasteiger partial charge in [-0.05, 0) is 56.9 Å². The summed E-state index contributed by atoms with van der Waals surface area (Å²) in [5.74, 6) is 1.64. The highest BCUT2D eigenvalue weighted by Crippen LogP contribution is 2.33. The monoisotopic (exact) mass is 262 g/mol. The van der Waals surface area contributed by atoms with Gasteiger partial charge in [0, 0.05) is 11.6 Å². The standard InChI is InChI=1S/C16H26N2O/c1-4-12-7-8-15(19-3)14(10-12)16(17-2)13-6-5-9-18-11-13/h7-8,10,13,16-18H,4-6,9,11H2,1-3H3. The van der Waals surface area contributed by atoms with Crippen molar-refractivity contribution in [2.45, 2.75) is 32.2 Å². The fourth-order valence-electron chi connectivity index (χ4n) is 3.06.